The van der Waals surface area contributed by atoms with Crippen molar-refractivity contribution in [2.24, 2.45) is 9.98 Å². The summed E-state index contributed by atoms with van der Waals surface area (Å²) in [6.45, 7) is 11.2. The van der Waals surface area contributed by atoms with Gasteiger partial charge in [-0.15, -0.1) is 0 Å². The van der Waals surface area contributed by atoms with Crippen LogP contribution in [-0.4, -0.2) is 131 Å². The number of hydrogen-bond acceptors (Lipinski definition) is 12. The van der Waals surface area contributed by atoms with Gasteiger partial charge in [-0.3, -0.25) is 0 Å². The van der Waals surface area contributed by atoms with E-state index in [2.05, 4.69) is 65.2 Å². The van der Waals surface area contributed by atoms with E-state index in [0.717, 1.165) is 6.54 Å². The summed E-state index contributed by atoms with van der Waals surface area (Å²) in [5.41, 5.74) is 0.829. The molecule has 0 aliphatic carbocycles. The minimum atomic E-state index is -1.57. The number of ether oxygens (including phenoxy) is 2. The van der Waals surface area contributed by atoms with Gasteiger partial charge in [-0.2, -0.15) is 20.3 Å². The molecule has 0 aromatic carbocycles. The summed E-state index contributed by atoms with van der Waals surface area (Å²) in [6.07, 6.45) is 2.01. The summed E-state index contributed by atoms with van der Waals surface area (Å²) in [5.74, 6) is 6.58. The molecule has 0 amide bonds. The van der Waals surface area contributed by atoms with Gasteiger partial charge in [0.15, 0.2) is 17.7 Å². The maximum absolute atomic E-state index is 10.4. The van der Waals surface area contributed by atoms with Gasteiger partial charge in [0.2, 0.25) is 0 Å². The molecule has 15 nitrogen and oxygen atoms in total. The van der Waals surface area contributed by atoms with E-state index in [1.165, 1.54) is 0 Å². The number of nitrogens with zero attached hydrogens (tertiary/aromatic N) is 10. The maximum Gasteiger partial charge on any atom is 0.259 e. The van der Waals surface area contributed by atoms with E-state index in [0.29, 0.717) is 29.0 Å². The largest absolute Gasteiger partial charge is 0.394 e. The smallest absolute Gasteiger partial charge is 0.259 e. The van der Waals surface area contributed by atoms with Crippen molar-refractivity contribution in [3.05, 3.63) is 5.69 Å². The first-order valence-electron chi connectivity index (χ1n) is 15.3. The summed E-state index contributed by atoms with van der Waals surface area (Å²) in [5, 5.41) is 24.8. The van der Waals surface area contributed by atoms with Gasteiger partial charge in [0, 0.05) is 53.3 Å². The molecule has 2 aromatic heterocycles. The molecule has 0 radical (unpaired) electrons. The maximum atomic E-state index is 10.4. The average Bonchev–Trinajstić information content (AvgIpc) is 3.59. The van der Waals surface area contributed by atoms with Crippen molar-refractivity contribution < 1.29 is 23.6 Å². The summed E-state index contributed by atoms with van der Waals surface area (Å²) in [6, 6.07) is 2.35. The SMILES string of the molecule is CCN(C)/C=N/c1nc(/N=C\N(C)C)c2c(C#CCOC)nn(C3CC(OP(OCCC#N)N(C(C)C)C(C)C)C(CO)O3)c2n1. The van der Waals surface area contributed by atoms with Crippen molar-refractivity contribution >= 4 is 44.0 Å². The highest BCUT2D eigenvalue weighted by Gasteiger charge is 2.42. The topological polar surface area (TPSA) is 159 Å². The monoisotopic (exact) mass is 658 g/mol. The van der Waals surface area contributed by atoms with Gasteiger partial charge >= 0.3 is 0 Å². The van der Waals surface area contributed by atoms with Crippen molar-refractivity contribution in [2.75, 3.05) is 54.6 Å². The van der Waals surface area contributed by atoms with Gasteiger partial charge in [0.25, 0.3) is 14.5 Å². The standard InChI is InChI=1S/C30H47N10O5P/c1-10-38(8)20-33-30-34-28(32-19-37(6)7)27-23(13-11-15-42-9)36-39(29(27)35-30)26-17-24(25(18-41)44-26)45-46(43-16-12-14-31)40(21(2)3)22(4)5/h19-22,24-26,41H,10,12,15-18H2,1-9H3/b32-19-,33-20+. The Bertz CT molecular complexity index is 1420. The Hall–Kier alpha value is -3.27. The zero-order valence-corrected chi connectivity index (χ0v) is 29.2. The molecule has 1 aliphatic rings. The highest BCUT2D eigenvalue weighted by atomic mass is 31.2. The molecule has 252 valence electrons. The Morgan fingerprint density at radius 2 is 1.91 bits per heavy atom. The molecule has 3 heterocycles. The Labute approximate surface area is 273 Å². The molecule has 1 N–H and O–H groups in total. The number of nitriles is 1. The summed E-state index contributed by atoms with van der Waals surface area (Å²) in [7, 11) is 5.63. The number of methoxy groups -OCH3 is 1. The number of aliphatic hydroxyl groups excluding tert-OH is 1. The van der Waals surface area contributed by atoms with Crippen LogP contribution in [0.4, 0.5) is 11.8 Å². The van der Waals surface area contributed by atoms with Gasteiger partial charge in [-0.05, 0) is 40.5 Å². The predicted molar refractivity (Wildman–Crippen MR) is 178 cm³/mol. The number of aliphatic hydroxyl groups is 1. The lowest BCUT2D eigenvalue weighted by atomic mass is 10.2. The first kappa shape index (κ1) is 37.2. The zero-order chi connectivity index (χ0) is 33.8. The molecule has 1 saturated heterocycles. The molecule has 0 saturated carbocycles. The van der Waals surface area contributed by atoms with Crippen molar-refractivity contribution in [3.8, 4) is 17.9 Å². The van der Waals surface area contributed by atoms with E-state index in [1.54, 1.807) is 29.4 Å². The first-order valence-corrected chi connectivity index (χ1v) is 16.4. The van der Waals surface area contributed by atoms with E-state index in [9.17, 15) is 5.11 Å². The van der Waals surface area contributed by atoms with Crippen LogP contribution in [0.2, 0.25) is 0 Å². The van der Waals surface area contributed by atoms with Crippen LogP contribution >= 0.6 is 8.53 Å². The second kappa shape index (κ2) is 18.2. The third-order valence-electron chi connectivity index (χ3n) is 6.75. The molecule has 4 unspecified atom stereocenters. The van der Waals surface area contributed by atoms with Crippen LogP contribution in [0.15, 0.2) is 9.98 Å². The third-order valence-corrected chi connectivity index (χ3v) is 8.90. The number of fused-ring (bicyclic) bond motifs is 1. The molecule has 2 aromatic rings. The van der Waals surface area contributed by atoms with Gasteiger partial charge in [-0.1, -0.05) is 5.92 Å². The van der Waals surface area contributed by atoms with Crippen molar-refractivity contribution in [2.45, 2.75) is 78.0 Å². The van der Waals surface area contributed by atoms with Crippen molar-refractivity contribution in [1.29, 1.82) is 5.26 Å². The first-order chi connectivity index (χ1) is 22.0. The van der Waals surface area contributed by atoms with Crippen molar-refractivity contribution in [3.63, 3.8) is 0 Å². The van der Waals surface area contributed by atoms with Gasteiger partial charge < -0.3 is 33.4 Å². The highest BCUT2D eigenvalue weighted by Crippen LogP contribution is 2.50. The van der Waals surface area contributed by atoms with Crippen LogP contribution in [0.1, 0.15) is 59.4 Å². The Kier molecular flexibility index (Phi) is 14.7. The molecule has 1 fully saturated rings. The Morgan fingerprint density at radius 3 is 2.52 bits per heavy atom. The molecular formula is C30H47N10O5P. The molecule has 46 heavy (non-hydrogen) atoms. The number of rotatable bonds is 16. The van der Waals surface area contributed by atoms with Crippen LogP contribution in [0.3, 0.4) is 0 Å². The molecule has 3 rings (SSSR count). The van der Waals surface area contributed by atoms with Crippen LogP contribution in [0.5, 0.6) is 0 Å². The summed E-state index contributed by atoms with van der Waals surface area (Å²) >= 11 is 0. The molecule has 16 heteroatoms. The lowest BCUT2D eigenvalue weighted by Crippen LogP contribution is -2.36. The second-order valence-electron chi connectivity index (χ2n) is 11.3. The normalized spacial score (nSPS) is 19.1. The molecule has 1 aliphatic heterocycles. The lowest BCUT2D eigenvalue weighted by molar-refractivity contribution is -0.0451. The number of hydrogen-bond donors (Lipinski definition) is 1. The highest BCUT2D eigenvalue weighted by molar-refractivity contribution is 7.44. The molecular weight excluding hydrogens is 611 g/mol. The molecule has 0 spiro atoms. The fourth-order valence-corrected chi connectivity index (χ4v) is 6.34. The Balaban J connectivity index is 2.12. The summed E-state index contributed by atoms with van der Waals surface area (Å²) < 4.78 is 28.0. The zero-order valence-electron chi connectivity index (χ0n) is 28.3. The van der Waals surface area contributed by atoms with Gasteiger partial charge in [-0.25, -0.2) is 19.3 Å². The number of aliphatic imine (C=N–C) groups is 2. The van der Waals surface area contributed by atoms with E-state index in [1.807, 2.05) is 33.0 Å². The third kappa shape index (κ3) is 9.86. The second-order valence-corrected chi connectivity index (χ2v) is 12.7. The van der Waals surface area contributed by atoms with Crippen LogP contribution < -0.4 is 0 Å². The van der Waals surface area contributed by atoms with Gasteiger partial charge in [0.1, 0.15) is 23.8 Å². The minimum Gasteiger partial charge on any atom is -0.394 e. The lowest BCUT2D eigenvalue weighted by Gasteiger charge is -2.37. The van der Waals surface area contributed by atoms with Gasteiger partial charge in [0.05, 0.1) is 44.5 Å². The quantitative estimate of drug-likeness (QED) is 0.0920. The minimum absolute atomic E-state index is 0.116. The Morgan fingerprint density at radius 1 is 1.17 bits per heavy atom. The van der Waals surface area contributed by atoms with E-state index >= 15 is 0 Å². The van der Waals surface area contributed by atoms with Crippen molar-refractivity contribution in [1.82, 2.24) is 34.2 Å². The van der Waals surface area contributed by atoms with E-state index < -0.39 is 27.0 Å². The summed E-state index contributed by atoms with van der Waals surface area (Å²) in [4.78, 5) is 22.2. The van der Waals surface area contributed by atoms with Crippen LogP contribution in [0.25, 0.3) is 11.0 Å². The number of aromatic nitrogens is 4. The fourth-order valence-electron chi connectivity index (χ4n) is 4.58. The average molecular weight is 659 g/mol. The fraction of sp³-hybridized carbons (Fsp3) is 0.667. The predicted octanol–water partition coefficient (Wildman–Crippen LogP) is 3.60. The molecule has 0 bridgehead atoms. The molecule has 4 atom stereocenters. The van der Waals surface area contributed by atoms with Crippen LogP contribution in [-0.2, 0) is 18.5 Å². The van der Waals surface area contributed by atoms with E-state index in [-0.39, 0.29) is 44.3 Å². The van der Waals surface area contributed by atoms with Crippen LogP contribution in [0, 0.1) is 23.2 Å². The van der Waals surface area contributed by atoms with E-state index in [4.69, 9.17) is 33.9 Å².